The van der Waals surface area contributed by atoms with Gasteiger partial charge in [0.2, 0.25) is 0 Å². The maximum atomic E-state index is 14.5. The van der Waals surface area contributed by atoms with Gasteiger partial charge in [0.1, 0.15) is 102 Å². The van der Waals surface area contributed by atoms with Gasteiger partial charge in [0.25, 0.3) is 0 Å². The number of aliphatic hydroxyl groups excluding tert-OH is 10. The molecule has 5 heterocycles. The SMILES string of the molecule is CO[C@@H]1[C@@H](O)[C@H](O[C@@H]2[C@@H](O)[C@H](O[C@H]3[C@H](O)[C@@H](O)[C@H](O[C@H]4[C@H](O[C@H]5CC[C@]6(C)C7=C[C@H](O)[C@]89C(=O)O[C@@](C)(CCCC(C)C)[C@@]8(O)CC[C@@]9(C)C7CCC6C5(C)C)OC[C@@H](OS(=O)(=O)O)[C@@H]4O)O[C@@H]3C)O[C@H](CO)[C@H]2O)O[C@H](CO)[C@H]1O. The van der Waals surface area contributed by atoms with Gasteiger partial charge in [-0.2, -0.15) is 8.42 Å². The summed E-state index contributed by atoms with van der Waals surface area (Å²) in [5.41, 5.74) is -5.44. The summed E-state index contributed by atoms with van der Waals surface area (Å²) >= 11 is 0. The Morgan fingerprint density at radius 3 is 1.90 bits per heavy atom. The fraction of sp³-hybridized carbons (Fsp3) is 0.944. The molecular weight excluding hydrogens is 1100 g/mol. The quantitative estimate of drug-likeness (QED) is 0.0345. The normalized spacial score (nSPS) is 51.7. The van der Waals surface area contributed by atoms with Crippen LogP contribution in [0.4, 0.5) is 0 Å². The molecule has 0 radical (unpaired) electrons. The Bertz CT molecular complexity index is 2380. The maximum absolute atomic E-state index is 14.5. The fourth-order valence-corrected chi connectivity index (χ4v) is 16.9. The highest BCUT2D eigenvalue weighted by atomic mass is 32.3. The van der Waals surface area contributed by atoms with Crippen molar-refractivity contribution < 1.29 is 125 Å². The van der Waals surface area contributed by atoms with Crippen LogP contribution in [0.2, 0.25) is 0 Å². The Morgan fingerprint density at radius 1 is 0.704 bits per heavy atom. The highest BCUT2D eigenvalue weighted by Crippen LogP contribution is 2.77. The van der Waals surface area contributed by atoms with Crippen LogP contribution in [0.1, 0.15) is 113 Å². The van der Waals surface area contributed by atoms with Gasteiger partial charge in [-0.3, -0.25) is 9.35 Å². The highest BCUT2D eigenvalue weighted by molar-refractivity contribution is 7.80. The molecule has 0 amide bonds. The van der Waals surface area contributed by atoms with Crippen molar-refractivity contribution in [1.82, 2.24) is 0 Å². The van der Waals surface area contributed by atoms with Crippen molar-refractivity contribution in [2.75, 3.05) is 26.9 Å². The number of aliphatic hydroxyl groups is 11. The number of carbonyl (C=O) groups is 1. The number of carbonyl (C=O) groups excluding carboxylic acids is 1. The van der Waals surface area contributed by atoms with Gasteiger partial charge in [-0.15, -0.1) is 0 Å². The van der Waals surface area contributed by atoms with E-state index in [1.54, 1.807) is 0 Å². The largest absolute Gasteiger partial charge is 0.456 e. The van der Waals surface area contributed by atoms with E-state index < -0.39 is 198 Å². The summed E-state index contributed by atoms with van der Waals surface area (Å²) < 4.78 is 97.9. The van der Waals surface area contributed by atoms with Crippen molar-refractivity contribution in [1.29, 1.82) is 0 Å². The predicted octanol–water partition coefficient (Wildman–Crippen LogP) is -1.40. The minimum absolute atomic E-state index is 0.111. The Labute approximate surface area is 471 Å². The standard InChI is InChI=1S/C54H88O26S/c1-23(2)11-10-15-52(8)53(66)18-17-51(7)25-12-13-30-49(4,5)32(14-16-50(30,6)26(25)19-31(57)54(51,53)48(65)79-52)75-47-43(35(60)29(22-71-47)80-81(67,68)69)78-44-37(62)36(61)40(24(3)72-44)76-46-39(64)42(34(59)28(21-56)74-46)77-45-38(63)41(70-9)33(58)27(20-55)73-45/h19,23-25,27-47,55-64,66H,10-18,20-22H2,1-9H3,(H,67,68,69)/t24-,25?,27-,28-,29-,30?,31+,32+,33-,34-,35+,36-,37-,38-,39-,40-,41+,42+,43-,44+,45+,46+,47+,50-,51+,52+,53+,54-/m1/s1. The summed E-state index contributed by atoms with van der Waals surface area (Å²) in [7, 11) is -4.01. The number of allylic oxidation sites excluding steroid dienone is 1. The molecule has 3 saturated carbocycles. The van der Waals surface area contributed by atoms with Crippen molar-refractivity contribution in [3.63, 3.8) is 0 Å². The number of methoxy groups -OCH3 is 1. The van der Waals surface area contributed by atoms with Crippen LogP contribution >= 0.6 is 0 Å². The zero-order valence-electron chi connectivity index (χ0n) is 47.4. The predicted molar refractivity (Wildman–Crippen MR) is 274 cm³/mol. The highest BCUT2D eigenvalue weighted by Gasteiger charge is 2.85. The van der Waals surface area contributed by atoms with Crippen molar-refractivity contribution in [3.05, 3.63) is 11.6 Å². The summed E-state index contributed by atoms with van der Waals surface area (Å²) in [6.07, 6.45) is -27.3. The van der Waals surface area contributed by atoms with Crippen LogP contribution < -0.4 is 0 Å². The molecule has 26 nitrogen and oxygen atoms in total. The summed E-state index contributed by atoms with van der Waals surface area (Å²) in [6.45, 7) is 13.5. The molecule has 1 spiro atoms. The average molecular weight is 1190 g/mol. The second kappa shape index (κ2) is 23.1. The summed E-state index contributed by atoms with van der Waals surface area (Å²) in [5, 5.41) is 125. The van der Waals surface area contributed by atoms with Gasteiger partial charge in [0.15, 0.2) is 25.2 Å². The van der Waals surface area contributed by atoms with Crippen molar-refractivity contribution in [3.8, 4) is 0 Å². The Balaban J connectivity index is 0.911. The third-order valence-electron chi connectivity index (χ3n) is 20.8. The summed E-state index contributed by atoms with van der Waals surface area (Å²) in [6, 6.07) is 0. The zero-order valence-corrected chi connectivity index (χ0v) is 48.2. The number of cyclic esters (lactones) is 1. The van der Waals surface area contributed by atoms with E-state index in [0.717, 1.165) is 18.4 Å². The number of esters is 1. The minimum atomic E-state index is -5.19. The lowest BCUT2D eigenvalue weighted by Crippen LogP contribution is -2.68. The van der Waals surface area contributed by atoms with Crippen molar-refractivity contribution >= 4 is 16.4 Å². The van der Waals surface area contributed by atoms with Gasteiger partial charge < -0.3 is 104 Å². The molecule has 4 aliphatic carbocycles. The lowest BCUT2D eigenvalue weighted by Gasteiger charge is -2.64. The van der Waals surface area contributed by atoms with E-state index in [2.05, 4.69) is 20.8 Å². The molecule has 27 heteroatoms. The molecule has 2 unspecified atom stereocenters. The van der Waals surface area contributed by atoms with Crippen molar-refractivity contribution in [2.24, 2.45) is 39.4 Å². The minimum Gasteiger partial charge on any atom is -0.456 e. The fourth-order valence-electron chi connectivity index (χ4n) is 16.4. The first-order valence-corrected chi connectivity index (χ1v) is 29.9. The van der Waals surface area contributed by atoms with E-state index in [0.29, 0.717) is 50.9 Å². The Hall–Kier alpha value is -1.72. The van der Waals surface area contributed by atoms with Gasteiger partial charge in [0.05, 0.1) is 38.1 Å². The molecule has 0 aromatic heterocycles. The molecular formula is C54H88O26S. The van der Waals surface area contributed by atoms with E-state index in [-0.39, 0.29) is 11.8 Å². The topological polar surface area (TPSA) is 396 Å². The molecule has 81 heavy (non-hydrogen) atoms. The number of fused-ring (bicyclic) bond motifs is 4. The molecule has 0 aromatic rings. The second-order valence-corrected chi connectivity index (χ2v) is 27.1. The molecule has 8 fully saturated rings. The molecule has 466 valence electrons. The molecule has 12 N–H and O–H groups in total. The third-order valence-corrected chi connectivity index (χ3v) is 21.3. The van der Waals surface area contributed by atoms with Crippen LogP contribution in [0.5, 0.6) is 0 Å². The molecule has 5 saturated heterocycles. The van der Waals surface area contributed by atoms with Crippen molar-refractivity contribution in [2.45, 2.75) is 253 Å². The first kappa shape index (κ1) is 63.8. The molecule has 0 bridgehead atoms. The van der Waals surface area contributed by atoms with Gasteiger partial charge >= 0.3 is 16.4 Å². The van der Waals surface area contributed by atoms with Crippen LogP contribution in [0.15, 0.2) is 11.6 Å². The van der Waals surface area contributed by atoms with E-state index >= 15 is 0 Å². The van der Waals surface area contributed by atoms with Gasteiger partial charge in [0, 0.05) is 7.11 Å². The van der Waals surface area contributed by atoms with E-state index in [1.807, 2.05) is 33.8 Å². The first-order valence-electron chi connectivity index (χ1n) is 28.5. The van der Waals surface area contributed by atoms with E-state index in [1.165, 1.54) is 14.0 Å². The lowest BCUT2D eigenvalue weighted by atomic mass is 9.40. The summed E-state index contributed by atoms with van der Waals surface area (Å²) in [4.78, 5) is 14.5. The number of rotatable bonds is 17. The third kappa shape index (κ3) is 10.4. The zero-order chi connectivity index (χ0) is 59.5. The first-order chi connectivity index (χ1) is 37.8. The molecule has 9 aliphatic rings. The molecule has 9 rings (SSSR count). The monoisotopic (exact) mass is 1180 g/mol. The molecule has 5 aliphatic heterocycles. The average Bonchev–Trinajstić information content (AvgIpc) is 1.90. The van der Waals surface area contributed by atoms with Crippen LogP contribution in [0.3, 0.4) is 0 Å². The van der Waals surface area contributed by atoms with Crippen LogP contribution in [0.25, 0.3) is 0 Å². The Kier molecular flexibility index (Phi) is 18.2. The van der Waals surface area contributed by atoms with E-state index in [4.69, 9.17) is 51.6 Å². The number of hydrogen-bond acceptors (Lipinski definition) is 25. The smallest absolute Gasteiger partial charge is 0.397 e. The van der Waals surface area contributed by atoms with Crippen LogP contribution in [0, 0.1) is 39.4 Å². The van der Waals surface area contributed by atoms with E-state index in [9.17, 15) is 73.9 Å². The second-order valence-electron chi connectivity index (χ2n) is 26.0. The molecule has 28 atom stereocenters. The number of hydrogen-bond donors (Lipinski definition) is 12. The van der Waals surface area contributed by atoms with Crippen LogP contribution in [-0.4, -0.2) is 242 Å². The maximum Gasteiger partial charge on any atom is 0.397 e. The lowest BCUT2D eigenvalue weighted by molar-refractivity contribution is -0.389. The van der Waals surface area contributed by atoms with Crippen LogP contribution in [-0.2, 0) is 66.7 Å². The number of ether oxygens (including phenoxy) is 10. The van der Waals surface area contributed by atoms with Gasteiger partial charge in [-0.05, 0) is 99.2 Å². The molecule has 0 aromatic carbocycles. The van der Waals surface area contributed by atoms with Gasteiger partial charge in [-0.25, -0.2) is 4.18 Å². The Morgan fingerprint density at radius 2 is 1.30 bits per heavy atom. The summed E-state index contributed by atoms with van der Waals surface area (Å²) in [5.74, 6) is -0.430. The van der Waals surface area contributed by atoms with Gasteiger partial charge in [-0.1, -0.05) is 59.6 Å².